The van der Waals surface area contributed by atoms with Gasteiger partial charge < -0.3 is 9.47 Å². The van der Waals surface area contributed by atoms with Gasteiger partial charge in [-0.15, -0.1) is 0 Å². The Hall–Kier alpha value is -1.84. The Morgan fingerprint density at radius 2 is 1.36 bits per heavy atom. The number of esters is 2. The van der Waals surface area contributed by atoms with E-state index in [-0.39, 0.29) is 17.9 Å². The van der Waals surface area contributed by atoms with E-state index < -0.39 is 0 Å². The van der Waals surface area contributed by atoms with E-state index in [2.05, 4.69) is 20.8 Å². The molecular weight excluding hydrogens is 352 g/mol. The summed E-state index contributed by atoms with van der Waals surface area (Å²) in [5.41, 5.74) is 0. The lowest BCUT2D eigenvalue weighted by Gasteiger charge is -2.16. The summed E-state index contributed by atoms with van der Waals surface area (Å²) < 4.78 is 11.1. The summed E-state index contributed by atoms with van der Waals surface area (Å²) in [5, 5.41) is 0. The third-order valence-corrected chi connectivity index (χ3v) is 4.89. The van der Waals surface area contributed by atoms with Crippen molar-refractivity contribution in [1.29, 1.82) is 0 Å². The number of carbonyl (C=O) groups is 2. The van der Waals surface area contributed by atoms with Crippen molar-refractivity contribution >= 4 is 11.9 Å². The lowest BCUT2D eigenvalue weighted by molar-refractivity contribution is -0.140. The van der Waals surface area contributed by atoms with E-state index in [0.29, 0.717) is 17.9 Å². The van der Waals surface area contributed by atoms with Gasteiger partial charge >= 0.3 is 11.9 Å². The van der Waals surface area contributed by atoms with Crippen molar-refractivity contribution in [2.24, 2.45) is 5.92 Å². The highest BCUT2D eigenvalue weighted by Crippen LogP contribution is 2.29. The molecule has 0 fully saturated rings. The molecule has 0 aliphatic carbocycles. The monoisotopic (exact) mass is 390 g/mol. The normalized spacial score (nSPS) is 11.8. The standard InChI is InChI=1S/C24H38O4/c1-4-7-9-10-12-19-23(25)27-21-17-13-14-18-22(21)28-24(26)20(15-6-3)16-11-8-5-2/h13-14,17-18,20H,4-12,15-16,19H2,1-3H3. The fourth-order valence-electron chi connectivity index (χ4n) is 3.23. The van der Waals surface area contributed by atoms with Crippen molar-refractivity contribution in [1.82, 2.24) is 0 Å². The van der Waals surface area contributed by atoms with Gasteiger partial charge in [0, 0.05) is 6.42 Å². The Morgan fingerprint density at radius 1 is 0.750 bits per heavy atom. The topological polar surface area (TPSA) is 52.6 Å². The molecule has 0 radical (unpaired) electrons. The number of unbranched alkanes of at least 4 members (excludes halogenated alkanes) is 6. The van der Waals surface area contributed by atoms with Crippen LogP contribution in [0.5, 0.6) is 11.5 Å². The van der Waals surface area contributed by atoms with Crippen LogP contribution in [0.2, 0.25) is 0 Å². The zero-order valence-corrected chi connectivity index (χ0v) is 18.0. The molecule has 1 atom stereocenters. The molecule has 0 aromatic heterocycles. The van der Waals surface area contributed by atoms with Gasteiger partial charge in [0.25, 0.3) is 0 Å². The second-order valence-electron chi connectivity index (χ2n) is 7.49. The fourth-order valence-corrected chi connectivity index (χ4v) is 3.23. The van der Waals surface area contributed by atoms with E-state index in [0.717, 1.165) is 57.8 Å². The molecule has 0 bridgehead atoms. The molecule has 1 aromatic rings. The first-order valence-electron chi connectivity index (χ1n) is 11.1. The molecule has 4 nitrogen and oxygen atoms in total. The van der Waals surface area contributed by atoms with Crippen molar-refractivity contribution in [2.45, 2.75) is 97.8 Å². The molecule has 4 heteroatoms. The summed E-state index contributed by atoms with van der Waals surface area (Å²) in [6, 6.07) is 6.95. The maximum Gasteiger partial charge on any atom is 0.314 e. The van der Waals surface area contributed by atoms with Gasteiger partial charge in [-0.2, -0.15) is 0 Å². The van der Waals surface area contributed by atoms with Crippen molar-refractivity contribution in [3.8, 4) is 11.5 Å². The quantitative estimate of drug-likeness (QED) is 0.187. The van der Waals surface area contributed by atoms with Crippen LogP contribution < -0.4 is 9.47 Å². The molecule has 0 spiro atoms. The number of hydrogen-bond acceptors (Lipinski definition) is 4. The molecule has 0 aliphatic heterocycles. The Morgan fingerprint density at radius 3 is 2.00 bits per heavy atom. The summed E-state index contributed by atoms with van der Waals surface area (Å²) in [7, 11) is 0. The predicted octanol–water partition coefficient (Wildman–Crippen LogP) is 6.85. The first kappa shape index (κ1) is 24.2. The molecule has 0 aliphatic rings. The minimum Gasteiger partial charge on any atom is -0.423 e. The summed E-state index contributed by atoms with van der Waals surface area (Å²) in [5.74, 6) is 0.0783. The van der Waals surface area contributed by atoms with Crippen molar-refractivity contribution in [3.05, 3.63) is 24.3 Å². The average Bonchev–Trinajstić information content (AvgIpc) is 2.68. The zero-order chi connectivity index (χ0) is 20.6. The Labute approximate surface area is 171 Å². The van der Waals surface area contributed by atoms with Crippen LogP contribution in [-0.2, 0) is 9.59 Å². The number of carbonyl (C=O) groups excluding carboxylic acids is 2. The smallest absolute Gasteiger partial charge is 0.314 e. The van der Waals surface area contributed by atoms with Crippen LogP contribution in [0.3, 0.4) is 0 Å². The molecule has 0 N–H and O–H groups in total. The molecule has 0 saturated carbocycles. The molecule has 1 rings (SSSR count). The SMILES string of the molecule is CCCCCCCC(=O)Oc1ccccc1OC(=O)C(CCC)CCCCC. The lowest BCUT2D eigenvalue weighted by Crippen LogP contribution is -2.21. The van der Waals surface area contributed by atoms with Gasteiger partial charge in [0.05, 0.1) is 5.92 Å². The molecule has 158 valence electrons. The Balaban J connectivity index is 2.61. The van der Waals surface area contributed by atoms with E-state index in [9.17, 15) is 9.59 Å². The maximum absolute atomic E-state index is 12.6. The van der Waals surface area contributed by atoms with Crippen LogP contribution >= 0.6 is 0 Å². The van der Waals surface area contributed by atoms with Crippen LogP contribution in [0.4, 0.5) is 0 Å². The van der Waals surface area contributed by atoms with Gasteiger partial charge in [-0.3, -0.25) is 9.59 Å². The van der Waals surface area contributed by atoms with E-state index in [1.54, 1.807) is 24.3 Å². The molecule has 28 heavy (non-hydrogen) atoms. The van der Waals surface area contributed by atoms with E-state index in [1.165, 1.54) is 12.8 Å². The number of para-hydroxylation sites is 2. The van der Waals surface area contributed by atoms with Crippen molar-refractivity contribution < 1.29 is 19.1 Å². The van der Waals surface area contributed by atoms with Gasteiger partial charge in [-0.05, 0) is 31.4 Å². The number of ether oxygens (including phenoxy) is 2. The van der Waals surface area contributed by atoms with Crippen LogP contribution in [0.1, 0.15) is 97.8 Å². The van der Waals surface area contributed by atoms with E-state index in [4.69, 9.17) is 9.47 Å². The molecule has 0 saturated heterocycles. The summed E-state index contributed by atoms with van der Waals surface area (Å²) >= 11 is 0. The minimum absolute atomic E-state index is 0.0983. The van der Waals surface area contributed by atoms with Gasteiger partial charge in [0.1, 0.15) is 0 Å². The minimum atomic E-state index is -0.270. The van der Waals surface area contributed by atoms with Gasteiger partial charge in [-0.25, -0.2) is 0 Å². The Kier molecular flexibility index (Phi) is 13.1. The van der Waals surface area contributed by atoms with Crippen molar-refractivity contribution in [2.75, 3.05) is 0 Å². The first-order valence-corrected chi connectivity index (χ1v) is 11.1. The Bertz CT molecular complexity index is 567. The van der Waals surface area contributed by atoms with Gasteiger partial charge in [0.15, 0.2) is 11.5 Å². The van der Waals surface area contributed by atoms with E-state index >= 15 is 0 Å². The highest BCUT2D eigenvalue weighted by molar-refractivity contribution is 5.77. The summed E-state index contributed by atoms with van der Waals surface area (Å²) in [4.78, 5) is 24.8. The van der Waals surface area contributed by atoms with Crippen LogP contribution in [0, 0.1) is 5.92 Å². The molecule has 1 aromatic carbocycles. The van der Waals surface area contributed by atoms with Crippen LogP contribution in [0.15, 0.2) is 24.3 Å². The lowest BCUT2D eigenvalue weighted by atomic mass is 9.97. The number of benzene rings is 1. The maximum atomic E-state index is 12.6. The zero-order valence-electron chi connectivity index (χ0n) is 18.0. The largest absolute Gasteiger partial charge is 0.423 e. The number of hydrogen-bond donors (Lipinski definition) is 0. The summed E-state index contributed by atoms with van der Waals surface area (Å²) in [6.07, 6.45) is 11.7. The first-order chi connectivity index (χ1) is 13.6. The highest BCUT2D eigenvalue weighted by atomic mass is 16.6. The highest BCUT2D eigenvalue weighted by Gasteiger charge is 2.21. The third kappa shape index (κ3) is 9.91. The molecule has 0 heterocycles. The van der Waals surface area contributed by atoms with Gasteiger partial charge in [-0.1, -0.05) is 84.3 Å². The van der Waals surface area contributed by atoms with Crippen LogP contribution in [-0.4, -0.2) is 11.9 Å². The molecular formula is C24H38O4. The van der Waals surface area contributed by atoms with Crippen LogP contribution in [0.25, 0.3) is 0 Å². The second-order valence-corrected chi connectivity index (χ2v) is 7.49. The van der Waals surface area contributed by atoms with Gasteiger partial charge in [0.2, 0.25) is 0 Å². The average molecular weight is 391 g/mol. The van der Waals surface area contributed by atoms with Crippen molar-refractivity contribution in [3.63, 3.8) is 0 Å². The third-order valence-electron chi connectivity index (χ3n) is 4.89. The fraction of sp³-hybridized carbons (Fsp3) is 0.667. The predicted molar refractivity (Wildman–Crippen MR) is 114 cm³/mol. The molecule has 1 unspecified atom stereocenters. The number of rotatable bonds is 15. The summed E-state index contributed by atoms with van der Waals surface area (Å²) in [6.45, 7) is 6.40. The molecule has 0 amide bonds. The van der Waals surface area contributed by atoms with E-state index in [1.807, 2.05) is 0 Å². The second kappa shape index (κ2) is 15.1.